The van der Waals surface area contributed by atoms with E-state index in [1.54, 1.807) is 37.0 Å². The number of aromatic amines is 1. The Balaban J connectivity index is 1.85. The van der Waals surface area contributed by atoms with Gasteiger partial charge in [0.2, 0.25) is 5.82 Å². The van der Waals surface area contributed by atoms with E-state index < -0.39 is 80.2 Å². The van der Waals surface area contributed by atoms with Crippen molar-refractivity contribution in [3.05, 3.63) is 63.2 Å². The van der Waals surface area contributed by atoms with E-state index in [1.807, 2.05) is 0 Å². The number of hydrogen-bond acceptors (Lipinski definition) is 10. The van der Waals surface area contributed by atoms with Gasteiger partial charge in [-0.3, -0.25) is 23.7 Å². The second-order valence-electron chi connectivity index (χ2n) is 8.90. The molecule has 2 heterocycles. The summed E-state index contributed by atoms with van der Waals surface area (Å²) in [7, 11) is -4.39. The summed E-state index contributed by atoms with van der Waals surface area (Å²) < 4.78 is 63.6. The van der Waals surface area contributed by atoms with Crippen molar-refractivity contribution in [2.24, 2.45) is 5.73 Å². The van der Waals surface area contributed by atoms with Gasteiger partial charge in [-0.05, 0) is 32.9 Å². The van der Waals surface area contributed by atoms with Crippen LogP contribution in [0.25, 0.3) is 0 Å². The van der Waals surface area contributed by atoms with Gasteiger partial charge in [-0.25, -0.2) is 13.8 Å². The van der Waals surface area contributed by atoms with Crippen LogP contribution in [0, 0.1) is 5.82 Å². The summed E-state index contributed by atoms with van der Waals surface area (Å²) in [4.78, 5) is 37.6. The van der Waals surface area contributed by atoms with Gasteiger partial charge in [-0.1, -0.05) is 18.2 Å². The maximum atomic E-state index is 14.1. The standard InChI is InChI=1S/C22H29F2N4O9P/c1-12(2)35-19(31)13(3)27-38(33,37-14-7-5-4-6-8-14)34-10-16-17(29)22(25,11-23)20(36-16)28-9-15(24)18(30)26-21(28)32/h4-9,12-13,16-17,20,29H,10-11,25H2,1-3H3,(H,27,33)(H,26,30,32)/t13-,16+,17?,20+,22+,38+/m0/s1. The van der Waals surface area contributed by atoms with E-state index in [2.05, 4.69) is 5.09 Å². The summed E-state index contributed by atoms with van der Waals surface area (Å²) in [6, 6.07) is 6.63. The third kappa shape index (κ3) is 6.54. The average Bonchev–Trinajstić information content (AvgIpc) is 3.10. The van der Waals surface area contributed by atoms with E-state index in [4.69, 9.17) is 24.3 Å². The average molecular weight is 562 g/mol. The van der Waals surface area contributed by atoms with Crippen LogP contribution in [0.15, 0.2) is 46.1 Å². The van der Waals surface area contributed by atoms with E-state index in [0.717, 1.165) is 0 Å². The van der Waals surface area contributed by atoms with Crippen LogP contribution in [0.1, 0.15) is 27.0 Å². The monoisotopic (exact) mass is 562 g/mol. The van der Waals surface area contributed by atoms with E-state index >= 15 is 0 Å². The normalized spacial score (nSPS) is 25.6. The Morgan fingerprint density at radius 1 is 1.32 bits per heavy atom. The van der Waals surface area contributed by atoms with Crippen molar-refractivity contribution in [3.8, 4) is 5.75 Å². The molecule has 0 amide bonds. The predicted octanol–water partition coefficient (Wildman–Crippen LogP) is 0.734. The topological polar surface area (TPSA) is 184 Å². The predicted molar refractivity (Wildman–Crippen MR) is 129 cm³/mol. The van der Waals surface area contributed by atoms with Crippen LogP contribution in [0.5, 0.6) is 5.75 Å². The lowest BCUT2D eigenvalue weighted by atomic mass is 9.92. The lowest BCUT2D eigenvalue weighted by molar-refractivity contribution is -0.149. The number of nitrogens with two attached hydrogens (primary N) is 1. The van der Waals surface area contributed by atoms with Crippen LogP contribution in [0.4, 0.5) is 8.78 Å². The number of benzene rings is 1. The molecule has 0 spiro atoms. The number of alkyl halides is 1. The molecule has 16 heteroatoms. The summed E-state index contributed by atoms with van der Waals surface area (Å²) in [5.41, 5.74) is 1.23. The Kier molecular flexibility index (Phi) is 9.23. The maximum Gasteiger partial charge on any atom is 0.459 e. The Labute approximate surface area is 215 Å². The Hall–Kier alpha value is -2.94. The molecule has 6 atom stereocenters. The molecule has 1 unspecified atom stereocenters. The highest BCUT2D eigenvalue weighted by atomic mass is 31.2. The number of aliphatic hydroxyl groups is 1. The number of nitrogens with one attached hydrogen (secondary N) is 2. The quantitative estimate of drug-likeness (QED) is 0.224. The van der Waals surface area contributed by atoms with Crippen molar-refractivity contribution in [3.63, 3.8) is 0 Å². The van der Waals surface area contributed by atoms with E-state index in [-0.39, 0.29) is 5.75 Å². The first-order valence-corrected chi connectivity index (χ1v) is 13.0. The van der Waals surface area contributed by atoms with Gasteiger partial charge in [0, 0.05) is 0 Å². The number of nitrogens with zero attached hydrogens (tertiary/aromatic N) is 1. The molecule has 3 rings (SSSR count). The molecule has 1 aliphatic rings. The first-order chi connectivity index (χ1) is 17.8. The fourth-order valence-corrected chi connectivity index (χ4v) is 5.10. The molecule has 1 aliphatic heterocycles. The van der Waals surface area contributed by atoms with Crippen LogP contribution in [0.3, 0.4) is 0 Å². The minimum Gasteiger partial charge on any atom is -0.462 e. The van der Waals surface area contributed by atoms with Crippen molar-refractivity contribution in [2.75, 3.05) is 13.3 Å². The summed E-state index contributed by atoms with van der Waals surface area (Å²) in [5, 5.41) is 13.2. The molecular formula is C22H29F2N4O9P. The molecular weight excluding hydrogens is 533 g/mol. The summed E-state index contributed by atoms with van der Waals surface area (Å²) in [5.74, 6) is -2.03. The van der Waals surface area contributed by atoms with E-state index in [1.165, 1.54) is 19.1 Å². The zero-order valence-corrected chi connectivity index (χ0v) is 21.6. The number of hydrogen-bond donors (Lipinski definition) is 4. The summed E-state index contributed by atoms with van der Waals surface area (Å²) in [6.07, 6.45) is -5.13. The lowest BCUT2D eigenvalue weighted by Crippen LogP contribution is -2.58. The maximum absolute atomic E-state index is 14.1. The van der Waals surface area contributed by atoms with Gasteiger partial charge in [0.05, 0.1) is 18.9 Å². The molecule has 1 aromatic heterocycles. The summed E-state index contributed by atoms with van der Waals surface area (Å²) in [6.45, 7) is 2.44. The van der Waals surface area contributed by atoms with Gasteiger partial charge in [-0.2, -0.15) is 9.48 Å². The van der Waals surface area contributed by atoms with Crippen molar-refractivity contribution in [1.82, 2.24) is 14.6 Å². The van der Waals surface area contributed by atoms with E-state index in [9.17, 15) is 32.8 Å². The highest BCUT2D eigenvalue weighted by Gasteiger charge is 2.56. The highest BCUT2D eigenvalue weighted by Crippen LogP contribution is 2.46. The summed E-state index contributed by atoms with van der Waals surface area (Å²) >= 11 is 0. The van der Waals surface area contributed by atoms with Crippen molar-refractivity contribution >= 4 is 13.7 Å². The number of halogens is 2. The van der Waals surface area contributed by atoms with Crippen LogP contribution in [0.2, 0.25) is 0 Å². The zero-order valence-electron chi connectivity index (χ0n) is 20.7. The third-order valence-electron chi connectivity index (χ3n) is 5.51. The first-order valence-electron chi connectivity index (χ1n) is 11.5. The fraction of sp³-hybridized carbons (Fsp3) is 0.500. The molecule has 2 aromatic rings. The van der Waals surface area contributed by atoms with Crippen LogP contribution >= 0.6 is 7.75 Å². The number of aromatic nitrogens is 2. The van der Waals surface area contributed by atoms with Gasteiger partial charge in [0.1, 0.15) is 36.2 Å². The molecule has 210 valence electrons. The molecule has 0 radical (unpaired) electrons. The lowest BCUT2D eigenvalue weighted by Gasteiger charge is -2.30. The van der Waals surface area contributed by atoms with E-state index in [0.29, 0.717) is 10.8 Å². The number of aliphatic hydroxyl groups excluding tert-OH is 1. The number of ether oxygens (including phenoxy) is 2. The molecule has 38 heavy (non-hydrogen) atoms. The largest absolute Gasteiger partial charge is 0.462 e. The highest BCUT2D eigenvalue weighted by molar-refractivity contribution is 7.52. The van der Waals surface area contributed by atoms with Gasteiger partial charge in [-0.15, -0.1) is 0 Å². The second-order valence-corrected chi connectivity index (χ2v) is 10.6. The first kappa shape index (κ1) is 29.6. The number of carbonyl (C=O) groups is 1. The van der Waals surface area contributed by atoms with Crippen molar-refractivity contribution < 1.29 is 41.8 Å². The van der Waals surface area contributed by atoms with Crippen LogP contribution < -0.4 is 26.6 Å². The molecule has 5 N–H and O–H groups in total. The van der Waals surface area contributed by atoms with Gasteiger partial charge in [0.15, 0.2) is 6.23 Å². The molecule has 0 bridgehead atoms. The van der Waals surface area contributed by atoms with Gasteiger partial charge >= 0.3 is 19.4 Å². The Bertz CT molecular complexity index is 1290. The minimum absolute atomic E-state index is 0.103. The number of rotatable bonds is 11. The molecule has 1 aromatic carbocycles. The number of H-pyrrole nitrogens is 1. The number of esters is 1. The molecule has 1 fully saturated rings. The fourth-order valence-electron chi connectivity index (χ4n) is 3.60. The zero-order chi connectivity index (χ0) is 28.3. The van der Waals surface area contributed by atoms with Crippen LogP contribution in [-0.4, -0.2) is 63.8 Å². The Morgan fingerprint density at radius 2 is 1.97 bits per heavy atom. The second kappa shape index (κ2) is 11.8. The van der Waals surface area contributed by atoms with Crippen LogP contribution in [-0.2, 0) is 23.4 Å². The molecule has 0 saturated carbocycles. The number of carbonyl (C=O) groups excluding carboxylic acids is 1. The minimum atomic E-state index is -4.39. The van der Waals surface area contributed by atoms with Crippen molar-refractivity contribution in [2.45, 2.75) is 56.9 Å². The molecule has 1 saturated heterocycles. The van der Waals surface area contributed by atoms with Gasteiger partial charge in [0.25, 0.3) is 5.56 Å². The smallest absolute Gasteiger partial charge is 0.459 e. The third-order valence-corrected chi connectivity index (χ3v) is 7.15. The SMILES string of the molecule is CC(C)OC(=O)[C@H](C)N[P@@](=O)(OC[C@H]1O[C@@H](n2cc(F)c(=O)[nH]c2=O)[C@@](N)(CF)C1O)Oc1ccccc1. The molecule has 0 aliphatic carbocycles. The van der Waals surface area contributed by atoms with Crippen molar-refractivity contribution in [1.29, 1.82) is 0 Å². The van der Waals surface area contributed by atoms with Gasteiger partial charge < -0.3 is 24.8 Å². The molecule has 13 nitrogen and oxygen atoms in total. The Morgan fingerprint density at radius 3 is 2.58 bits per heavy atom. The number of para-hydroxylation sites is 1.